The van der Waals surface area contributed by atoms with Gasteiger partial charge in [0, 0.05) is 36.9 Å². The fourth-order valence-electron chi connectivity index (χ4n) is 12.4. The van der Waals surface area contributed by atoms with Gasteiger partial charge in [-0.15, -0.1) is 4.40 Å². The predicted molar refractivity (Wildman–Crippen MR) is 369 cm³/mol. The van der Waals surface area contributed by atoms with Crippen LogP contribution in [-0.2, 0) is 42.1 Å². The molecular formula is C68H92N8O7S3Si2. The van der Waals surface area contributed by atoms with Crippen molar-refractivity contribution in [3.05, 3.63) is 181 Å². The number of aliphatic hydroxyl groups is 1. The molecule has 0 radical (unpaired) electrons. The van der Waals surface area contributed by atoms with Crippen molar-refractivity contribution < 1.29 is 30.8 Å². The zero-order valence-electron chi connectivity index (χ0n) is 53.1. The van der Waals surface area contributed by atoms with E-state index in [0.29, 0.717) is 38.0 Å². The van der Waals surface area contributed by atoms with Crippen LogP contribution in [0.25, 0.3) is 0 Å². The highest BCUT2D eigenvalue weighted by Gasteiger charge is 2.51. The second-order valence-corrected chi connectivity index (χ2v) is 37.5. The van der Waals surface area contributed by atoms with Gasteiger partial charge in [0.2, 0.25) is 5.96 Å². The lowest BCUT2D eigenvalue weighted by Gasteiger charge is -2.43. The molecular weight excluding hydrogens is 1190 g/mol. The average Bonchev–Trinajstić information content (AvgIpc) is 1.79. The molecule has 0 unspecified atom stereocenters. The fourth-order valence-corrected chi connectivity index (χ4v) is 24.3. The summed E-state index contributed by atoms with van der Waals surface area (Å²) in [6.07, 6.45) is 14.9. The third kappa shape index (κ3) is 16.3. The highest BCUT2D eigenvalue weighted by Crippen LogP contribution is 2.43. The van der Waals surface area contributed by atoms with Gasteiger partial charge in [0.1, 0.15) is 0 Å². The van der Waals surface area contributed by atoms with Crippen LogP contribution >= 0.6 is 11.8 Å². The molecule has 20 heteroatoms. The van der Waals surface area contributed by atoms with Crippen molar-refractivity contribution >= 4 is 92.7 Å². The normalized spacial score (nSPS) is 16.6. The quantitative estimate of drug-likeness (QED) is 0.0502. The van der Waals surface area contributed by atoms with Crippen LogP contribution in [0.3, 0.4) is 0 Å². The van der Waals surface area contributed by atoms with Crippen LogP contribution in [0, 0.1) is 10.8 Å². The third-order valence-corrected chi connectivity index (χ3v) is 30.0. The largest absolute Gasteiger partial charge is 0.403 e. The average molecular weight is 1290 g/mol. The Morgan fingerprint density at radius 3 is 1.26 bits per heavy atom. The molecule has 2 spiro atoms. The van der Waals surface area contributed by atoms with Gasteiger partial charge < -0.3 is 19.7 Å². The molecule has 4 N–H and O–H groups in total. The molecule has 88 heavy (non-hydrogen) atoms. The Morgan fingerprint density at radius 2 is 0.920 bits per heavy atom. The molecule has 2 aliphatic carbocycles. The van der Waals surface area contributed by atoms with Crippen molar-refractivity contribution in [3.63, 3.8) is 0 Å². The minimum atomic E-state index is -3.89. The highest BCUT2D eigenvalue weighted by atomic mass is 32.2. The summed E-state index contributed by atoms with van der Waals surface area (Å²) in [5.41, 5.74) is 6.77. The number of guanidine groups is 1. The van der Waals surface area contributed by atoms with Gasteiger partial charge in [-0.05, 0) is 112 Å². The number of hydrogen-bond acceptors (Lipinski definition) is 12. The maximum atomic E-state index is 13.4. The molecule has 0 bridgehead atoms. The van der Waals surface area contributed by atoms with E-state index in [1.807, 2.05) is 81.1 Å². The highest BCUT2D eigenvalue weighted by molar-refractivity contribution is 8.13. The molecule has 10 rings (SSSR count). The fraction of sp³-hybridized carbons (Fsp3) is 0.412. The summed E-state index contributed by atoms with van der Waals surface area (Å²) in [6.45, 7) is 20.6. The van der Waals surface area contributed by atoms with E-state index in [1.165, 1.54) is 58.2 Å². The maximum Gasteiger partial charge on any atom is 0.284 e. The Balaban J connectivity index is 0.000000234. The second-order valence-electron chi connectivity index (χ2n) is 24.8. The molecule has 0 aromatic heterocycles. The summed E-state index contributed by atoms with van der Waals surface area (Å²) in [5, 5.41) is 24.5. The SMILES string of the molecule is CCN.CCN=C(NS(=O)(=O)c1ccc(CO[Si](c2ccccc2)(c2ccccc2)C(C)(C)C)cc1)N1CC2(C=N1)CCCC2.CO.CSC(=NS(=O)(=O)c1ccc(CO[Si](c2ccccc2)(c2ccccc2)C(C)(C)C)cc1)N1CC2(C=N1)CCCC2. The number of benzene rings is 6. The summed E-state index contributed by atoms with van der Waals surface area (Å²) >= 11 is 1.31. The standard InChI is InChI=1S/C33H42N4O3SSi.C32H39N3O3S2Si.C2H7N.CH4O/c1-5-34-31(37-26-33(25-35-37)22-12-13-23-33)36-41(38,39)28-20-18-27(19-21-28)24-40-42(32(2,3)4,29-14-8-6-9-15-29)30-16-10-7-11-17-30;1-31(2,3)41(28-13-7-5-8-14-28,29-15-9-6-10-16-29)38-23-26-17-19-27(20-18-26)40(36,37)34-30(39-4)35-25-32(24-33-35)21-11-12-22-32;1-2-3;1-2/h6-11,14-21,25H,5,12-13,22-24,26H2,1-4H3,(H,34,36);5-10,13-20,24H,11-12,21-23,25H2,1-4H3;2-3H2,1H3;2H,1H3. The number of nitrogens with one attached hydrogen (secondary N) is 1. The number of aliphatic hydroxyl groups excluding tert-OH is 1. The minimum Gasteiger partial charge on any atom is -0.403 e. The lowest BCUT2D eigenvalue weighted by atomic mass is 9.88. The Kier molecular flexibility index (Phi) is 24.2. The zero-order chi connectivity index (χ0) is 63.7. The number of nitrogens with two attached hydrogens (primary N) is 1. The summed E-state index contributed by atoms with van der Waals surface area (Å²) < 4.78 is 74.4. The maximum absolute atomic E-state index is 13.4. The summed E-state index contributed by atoms with van der Waals surface area (Å²) in [7, 11) is -12.2. The van der Waals surface area contributed by atoms with E-state index >= 15 is 0 Å². The summed E-state index contributed by atoms with van der Waals surface area (Å²) in [4.78, 5) is 4.79. The predicted octanol–water partition coefficient (Wildman–Crippen LogP) is 10.9. The third-order valence-electron chi connectivity index (χ3n) is 16.6. The first-order chi connectivity index (χ1) is 42.1. The minimum absolute atomic E-state index is 0.0344. The topological polar surface area (TPSA) is 201 Å². The van der Waals surface area contributed by atoms with Crippen molar-refractivity contribution in [1.82, 2.24) is 14.7 Å². The molecule has 2 fully saturated rings. The number of hydrogen-bond donors (Lipinski definition) is 3. The molecule has 15 nitrogen and oxygen atoms in total. The number of rotatable bonds is 15. The first-order valence-electron chi connectivity index (χ1n) is 30.5. The van der Waals surface area contributed by atoms with Crippen LogP contribution in [0.5, 0.6) is 0 Å². The van der Waals surface area contributed by atoms with Crippen molar-refractivity contribution in [2.45, 2.75) is 140 Å². The summed E-state index contributed by atoms with van der Waals surface area (Å²) in [5.74, 6) is 0.275. The number of hydrazone groups is 2. The Bertz CT molecular complexity index is 3430. The van der Waals surface area contributed by atoms with Crippen LogP contribution < -0.4 is 31.2 Å². The van der Waals surface area contributed by atoms with Crippen molar-refractivity contribution in [2.24, 2.45) is 36.2 Å². The van der Waals surface area contributed by atoms with E-state index in [1.54, 1.807) is 34.3 Å². The van der Waals surface area contributed by atoms with E-state index in [2.05, 4.69) is 163 Å². The van der Waals surface area contributed by atoms with Crippen molar-refractivity contribution in [3.8, 4) is 0 Å². The number of thioether (sulfide) groups is 1. The van der Waals surface area contributed by atoms with Gasteiger partial charge in [0.05, 0.1) is 36.1 Å². The molecule has 472 valence electrons. The van der Waals surface area contributed by atoms with E-state index in [4.69, 9.17) is 19.7 Å². The molecule has 4 aliphatic rings. The van der Waals surface area contributed by atoms with Gasteiger partial charge in [-0.2, -0.15) is 18.6 Å². The monoisotopic (exact) mass is 1280 g/mol. The molecule has 6 aromatic rings. The number of nitrogens with zero attached hydrogens (tertiary/aromatic N) is 6. The molecule has 6 aromatic carbocycles. The van der Waals surface area contributed by atoms with Gasteiger partial charge in [-0.3, -0.25) is 4.99 Å². The Morgan fingerprint density at radius 1 is 0.580 bits per heavy atom. The molecule has 0 atom stereocenters. The molecule has 2 heterocycles. The van der Waals surface area contributed by atoms with E-state index in [0.717, 1.165) is 50.5 Å². The van der Waals surface area contributed by atoms with Crippen LogP contribution in [0.1, 0.15) is 118 Å². The van der Waals surface area contributed by atoms with Crippen molar-refractivity contribution in [2.75, 3.05) is 39.5 Å². The smallest absolute Gasteiger partial charge is 0.284 e. The molecule has 0 amide bonds. The van der Waals surface area contributed by atoms with Crippen LogP contribution in [0.2, 0.25) is 10.1 Å². The first-order valence-corrected chi connectivity index (χ1v) is 38.5. The first kappa shape index (κ1) is 69.4. The summed E-state index contributed by atoms with van der Waals surface area (Å²) in [6, 6.07) is 55.9. The van der Waals surface area contributed by atoms with Crippen molar-refractivity contribution in [1.29, 1.82) is 0 Å². The number of amidine groups is 1. The lowest BCUT2D eigenvalue weighted by Crippen LogP contribution is -2.66. The number of aliphatic imine (C=N–C) groups is 1. The van der Waals surface area contributed by atoms with E-state index in [9.17, 15) is 16.8 Å². The number of sulfonamides is 2. The van der Waals surface area contributed by atoms with Gasteiger partial charge in [0.15, 0.2) is 5.17 Å². The van der Waals surface area contributed by atoms with Gasteiger partial charge in [-0.25, -0.2) is 23.2 Å². The van der Waals surface area contributed by atoms with E-state index in [-0.39, 0.29) is 36.7 Å². The zero-order valence-corrected chi connectivity index (χ0v) is 57.6. The van der Waals surface area contributed by atoms with Gasteiger partial charge in [0.25, 0.3) is 36.7 Å². The Hall–Kier alpha value is -6.08. The lowest BCUT2D eigenvalue weighted by molar-refractivity contribution is 0.286. The molecule has 2 saturated carbocycles. The molecule has 0 saturated heterocycles. The van der Waals surface area contributed by atoms with Gasteiger partial charge in [-0.1, -0.05) is 232 Å². The molecule has 2 aliphatic heterocycles. The van der Waals surface area contributed by atoms with Crippen LogP contribution in [0.15, 0.2) is 199 Å². The van der Waals surface area contributed by atoms with Crippen LogP contribution in [-0.4, -0.2) is 112 Å². The van der Waals surface area contributed by atoms with Gasteiger partial charge >= 0.3 is 0 Å². The van der Waals surface area contributed by atoms with Crippen LogP contribution in [0.4, 0.5) is 0 Å². The second kappa shape index (κ2) is 30.6. The Labute approximate surface area is 531 Å². The van der Waals surface area contributed by atoms with E-state index < -0.39 is 36.7 Å².